The van der Waals surface area contributed by atoms with Crippen molar-refractivity contribution in [3.8, 4) is 5.75 Å². The van der Waals surface area contributed by atoms with Crippen molar-refractivity contribution in [1.82, 2.24) is 35.0 Å². The van der Waals surface area contributed by atoms with Crippen molar-refractivity contribution in [2.75, 3.05) is 39.4 Å². The number of ether oxygens (including phenoxy) is 2. The molecule has 0 aliphatic carbocycles. The number of piperazine rings is 1. The number of benzene rings is 1. The molecule has 0 radical (unpaired) electrons. The van der Waals surface area contributed by atoms with Gasteiger partial charge in [0, 0.05) is 49.3 Å². The van der Waals surface area contributed by atoms with Gasteiger partial charge in [0.25, 0.3) is 11.5 Å². The second-order valence-electron chi connectivity index (χ2n) is 9.80. The van der Waals surface area contributed by atoms with Crippen molar-refractivity contribution in [2.24, 2.45) is 0 Å². The Morgan fingerprint density at radius 3 is 2.82 bits per heavy atom. The maximum atomic E-state index is 13.5. The molecule has 1 N–H and O–H groups in total. The van der Waals surface area contributed by atoms with Gasteiger partial charge < -0.3 is 23.8 Å². The third-order valence-electron chi connectivity index (χ3n) is 7.35. The summed E-state index contributed by atoms with van der Waals surface area (Å²) < 4.78 is 18.6. The molecule has 12 heteroatoms. The molecule has 2 aliphatic rings. The van der Waals surface area contributed by atoms with Gasteiger partial charge in [0.05, 0.1) is 25.5 Å². The first-order chi connectivity index (χ1) is 19.1. The van der Waals surface area contributed by atoms with Crippen molar-refractivity contribution in [1.29, 1.82) is 0 Å². The lowest BCUT2D eigenvalue weighted by atomic mass is 10.0. The highest BCUT2D eigenvalue weighted by atomic mass is 16.5. The zero-order valence-electron chi connectivity index (χ0n) is 21.8. The monoisotopic (exact) mass is 533 g/mol. The minimum Gasteiger partial charge on any atom is -0.494 e. The Hall–Kier alpha value is -4.03. The van der Waals surface area contributed by atoms with Gasteiger partial charge in [-0.05, 0) is 66.6 Å². The third kappa shape index (κ3) is 5.17. The second kappa shape index (κ2) is 11.0. The number of H-pyrrole nitrogens is 1. The van der Waals surface area contributed by atoms with Crippen molar-refractivity contribution < 1.29 is 18.7 Å². The van der Waals surface area contributed by atoms with Gasteiger partial charge >= 0.3 is 0 Å². The molecule has 5 heterocycles. The Morgan fingerprint density at radius 2 is 2.08 bits per heavy atom. The first kappa shape index (κ1) is 25.3. The minimum absolute atomic E-state index is 0.0271. The number of aromatic nitrogens is 5. The Bertz CT molecular complexity index is 1480. The molecule has 4 aromatic rings. The Morgan fingerprint density at radius 1 is 1.21 bits per heavy atom. The summed E-state index contributed by atoms with van der Waals surface area (Å²) in [4.78, 5) is 33.3. The predicted octanol–water partition coefficient (Wildman–Crippen LogP) is 2.23. The average molecular weight is 534 g/mol. The zero-order valence-corrected chi connectivity index (χ0v) is 21.8. The molecule has 0 spiro atoms. The first-order valence-corrected chi connectivity index (χ1v) is 13.3. The maximum Gasteiger partial charge on any atom is 0.289 e. The van der Waals surface area contributed by atoms with Crippen LogP contribution in [0, 0.1) is 0 Å². The van der Waals surface area contributed by atoms with E-state index in [2.05, 4.69) is 25.4 Å². The van der Waals surface area contributed by atoms with Crippen molar-refractivity contribution >= 4 is 16.8 Å². The molecule has 39 heavy (non-hydrogen) atoms. The van der Waals surface area contributed by atoms with Gasteiger partial charge in [-0.15, -0.1) is 5.10 Å². The van der Waals surface area contributed by atoms with Crippen molar-refractivity contribution in [2.45, 2.75) is 38.5 Å². The van der Waals surface area contributed by atoms with Crippen LogP contribution >= 0.6 is 0 Å². The summed E-state index contributed by atoms with van der Waals surface area (Å²) >= 11 is 0. The number of hydrogen-bond donors (Lipinski definition) is 1. The van der Waals surface area contributed by atoms with Crippen LogP contribution in [0.15, 0.2) is 51.9 Å². The van der Waals surface area contributed by atoms with E-state index in [0.29, 0.717) is 56.5 Å². The third-order valence-corrected chi connectivity index (χ3v) is 7.35. The van der Waals surface area contributed by atoms with Gasteiger partial charge in [0.1, 0.15) is 11.8 Å². The second-order valence-corrected chi connectivity index (χ2v) is 9.80. The van der Waals surface area contributed by atoms with Crippen LogP contribution in [-0.2, 0) is 11.3 Å². The Balaban J connectivity index is 1.35. The number of furan rings is 1. The van der Waals surface area contributed by atoms with Crippen LogP contribution in [0.5, 0.6) is 5.75 Å². The number of carbonyl (C=O) groups excluding carboxylic acids is 1. The van der Waals surface area contributed by atoms with E-state index in [0.717, 1.165) is 36.1 Å². The highest BCUT2D eigenvalue weighted by Gasteiger charge is 2.35. The van der Waals surface area contributed by atoms with E-state index in [1.807, 2.05) is 31.2 Å². The lowest BCUT2D eigenvalue weighted by molar-refractivity contribution is 0.0550. The summed E-state index contributed by atoms with van der Waals surface area (Å²) in [6, 6.07) is 10.4. The van der Waals surface area contributed by atoms with Crippen LogP contribution in [0.3, 0.4) is 0 Å². The quantitative estimate of drug-likeness (QED) is 0.362. The van der Waals surface area contributed by atoms with Crippen LogP contribution < -0.4 is 10.3 Å². The van der Waals surface area contributed by atoms with E-state index in [4.69, 9.17) is 13.9 Å². The number of pyridine rings is 1. The Kier molecular flexibility index (Phi) is 7.12. The van der Waals surface area contributed by atoms with E-state index in [9.17, 15) is 9.59 Å². The molecule has 6 rings (SSSR count). The first-order valence-electron chi connectivity index (χ1n) is 13.3. The van der Waals surface area contributed by atoms with Gasteiger partial charge in [-0.1, -0.05) is 0 Å². The molecule has 2 atom stereocenters. The minimum atomic E-state index is -0.522. The molecule has 0 bridgehead atoms. The highest BCUT2D eigenvalue weighted by Crippen LogP contribution is 2.30. The zero-order chi connectivity index (χ0) is 26.8. The van der Waals surface area contributed by atoms with Gasteiger partial charge in [-0.2, -0.15) is 0 Å². The van der Waals surface area contributed by atoms with E-state index >= 15 is 0 Å². The number of nitrogens with one attached hydrogen (secondary N) is 1. The van der Waals surface area contributed by atoms with Gasteiger partial charge in [0.15, 0.2) is 11.6 Å². The standard InChI is InChI=1S/C27H31N7O5/c1-2-37-19-7-8-22-18(15-19)16-21(26(35)28-22)24(25-29-30-31-34(25)17-20-5-3-13-38-20)32-9-11-33(12-10-32)27(36)23-6-4-14-39-23/h4,6-8,14-16,20,24H,2-3,5,9-13,17H2,1H3,(H,28,35). The predicted molar refractivity (Wildman–Crippen MR) is 141 cm³/mol. The molecule has 2 saturated heterocycles. The molecule has 2 fully saturated rings. The fourth-order valence-electron chi connectivity index (χ4n) is 5.42. The molecule has 3 aromatic heterocycles. The van der Waals surface area contributed by atoms with Crippen LogP contribution in [0.25, 0.3) is 10.9 Å². The lowest BCUT2D eigenvalue weighted by Gasteiger charge is -2.38. The number of rotatable bonds is 8. The summed E-state index contributed by atoms with van der Waals surface area (Å²) in [6.45, 7) is 5.72. The maximum absolute atomic E-state index is 13.5. The van der Waals surface area contributed by atoms with Crippen LogP contribution in [0.4, 0.5) is 0 Å². The van der Waals surface area contributed by atoms with E-state index < -0.39 is 6.04 Å². The number of carbonyl (C=O) groups is 1. The fourth-order valence-corrected chi connectivity index (χ4v) is 5.42. The lowest BCUT2D eigenvalue weighted by Crippen LogP contribution is -2.50. The van der Waals surface area contributed by atoms with Crippen molar-refractivity contribution in [3.63, 3.8) is 0 Å². The fraction of sp³-hybridized carbons (Fsp3) is 0.444. The molecule has 2 aliphatic heterocycles. The van der Waals surface area contributed by atoms with Gasteiger partial charge in [-0.3, -0.25) is 14.5 Å². The molecule has 204 valence electrons. The number of amides is 1. The van der Waals surface area contributed by atoms with Crippen LogP contribution in [0.2, 0.25) is 0 Å². The number of hydrogen-bond acceptors (Lipinski definition) is 9. The normalized spacial score (nSPS) is 19.0. The highest BCUT2D eigenvalue weighted by molar-refractivity contribution is 5.91. The average Bonchev–Trinajstić information content (AvgIpc) is 3.74. The van der Waals surface area contributed by atoms with Crippen LogP contribution in [-0.4, -0.2) is 86.4 Å². The van der Waals surface area contributed by atoms with E-state index in [1.165, 1.54) is 6.26 Å². The van der Waals surface area contributed by atoms with Crippen LogP contribution in [0.1, 0.15) is 47.7 Å². The topological polar surface area (TPSA) is 132 Å². The van der Waals surface area contributed by atoms with E-state index in [-0.39, 0.29) is 17.6 Å². The summed E-state index contributed by atoms with van der Waals surface area (Å²) in [7, 11) is 0. The smallest absolute Gasteiger partial charge is 0.289 e. The van der Waals surface area contributed by atoms with Gasteiger partial charge in [0.2, 0.25) is 0 Å². The number of aromatic amines is 1. The number of tetrazole rings is 1. The van der Waals surface area contributed by atoms with E-state index in [1.54, 1.807) is 21.7 Å². The Labute approximate surface area is 224 Å². The number of fused-ring (bicyclic) bond motifs is 1. The number of nitrogens with zero attached hydrogens (tertiary/aromatic N) is 6. The molecule has 1 amide bonds. The summed E-state index contributed by atoms with van der Waals surface area (Å²) in [5.41, 5.74) is 1.04. The van der Waals surface area contributed by atoms with Gasteiger partial charge in [-0.25, -0.2) is 4.68 Å². The molecule has 0 saturated carbocycles. The SMILES string of the molecule is CCOc1ccc2[nH]c(=O)c(C(c3nnnn3CC3CCCO3)N3CCN(C(=O)c4ccco4)CC3)cc2c1. The summed E-state index contributed by atoms with van der Waals surface area (Å²) in [5, 5.41) is 13.5. The molecule has 1 aromatic carbocycles. The molecule has 12 nitrogen and oxygen atoms in total. The largest absolute Gasteiger partial charge is 0.494 e. The van der Waals surface area contributed by atoms with Crippen molar-refractivity contribution in [3.05, 3.63) is 70.2 Å². The molecular weight excluding hydrogens is 502 g/mol. The summed E-state index contributed by atoms with van der Waals surface area (Å²) in [6.07, 6.45) is 3.47. The molecule has 2 unspecified atom stereocenters. The molecular formula is C27H31N7O5. The summed E-state index contributed by atoms with van der Waals surface area (Å²) in [5.74, 6) is 1.47.